The molecule has 0 aliphatic carbocycles. The predicted octanol–water partition coefficient (Wildman–Crippen LogP) is 3.26. The van der Waals surface area contributed by atoms with Gasteiger partial charge in [-0.25, -0.2) is 8.78 Å². The molecule has 3 nitrogen and oxygen atoms in total. The van der Waals surface area contributed by atoms with Crippen molar-refractivity contribution in [2.75, 3.05) is 20.3 Å². The van der Waals surface area contributed by atoms with E-state index in [9.17, 15) is 22.7 Å². The number of aryl methyl sites for hydroxylation is 2. The zero-order chi connectivity index (χ0) is 16.2. The number of halogens is 4. The van der Waals surface area contributed by atoms with Gasteiger partial charge < -0.3 is 14.6 Å². The van der Waals surface area contributed by atoms with E-state index in [1.807, 2.05) is 0 Å². The molecular weight excluding hydrogens is 292 g/mol. The van der Waals surface area contributed by atoms with Crippen LogP contribution in [0.5, 0.6) is 5.75 Å². The van der Waals surface area contributed by atoms with E-state index < -0.39 is 31.7 Å². The van der Waals surface area contributed by atoms with Gasteiger partial charge in [0.1, 0.15) is 18.5 Å². The molecule has 1 rings (SSSR count). The Kier molecular flexibility index (Phi) is 5.98. The molecule has 0 radical (unpaired) electrons. The van der Waals surface area contributed by atoms with E-state index in [1.54, 1.807) is 26.0 Å². The number of alkyl halides is 4. The number of aliphatic hydroxyl groups excluding tert-OH is 1. The summed E-state index contributed by atoms with van der Waals surface area (Å²) >= 11 is 0. The van der Waals surface area contributed by atoms with Gasteiger partial charge in [-0.05, 0) is 42.7 Å². The SMILES string of the molecule is COc1cc(C)c(C(O)COCC(F)(F)C(F)F)cc1C. The van der Waals surface area contributed by atoms with Gasteiger partial charge in [0.05, 0.1) is 13.7 Å². The van der Waals surface area contributed by atoms with Gasteiger partial charge in [-0.1, -0.05) is 0 Å². The van der Waals surface area contributed by atoms with Crippen LogP contribution in [0, 0.1) is 13.8 Å². The molecule has 0 amide bonds. The maximum Gasteiger partial charge on any atom is 0.330 e. The summed E-state index contributed by atoms with van der Waals surface area (Å²) in [6.07, 6.45) is -4.97. The molecule has 21 heavy (non-hydrogen) atoms. The molecule has 0 bridgehead atoms. The van der Waals surface area contributed by atoms with Crippen LogP contribution in [0.1, 0.15) is 22.8 Å². The summed E-state index contributed by atoms with van der Waals surface area (Å²) in [6.45, 7) is 1.55. The Morgan fingerprint density at radius 1 is 1.19 bits per heavy atom. The highest BCUT2D eigenvalue weighted by Crippen LogP contribution is 2.28. The molecule has 7 heteroatoms. The second-order valence-corrected chi connectivity index (χ2v) is 4.77. The van der Waals surface area contributed by atoms with Crippen LogP contribution in [0.25, 0.3) is 0 Å². The maximum atomic E-state index is 12.7. The third-order valence-electron chi connectivity index (χ3n) is 3.03. The van der Waals surface area contributed by atoms with E-state index in [0.717, 1.165) is 5.56 Å². The first-order valence-electron chi connectivity index (χ1n) is 6.26. The van der Waals surface area contributed by atoms with Crippen LogP contribution in [0.3, 0.4) is 0 Å². The lowest BCUT2D eigenvalue weighted by atomic mass is 10.0. The van der Waals surface area contributed by atoms with E-state index in [2.05, 4.69) is 4.74 Å². The lowest BCUT2D eigenvalue weighted by molar-refractivity contribution is -0.170. The van der Waals surface area contributed by atoms with Gasteiger partial charge in [0.25, 0.3) is 0 Å². The Balaban J connectivity index is 2.68. The van der Waals surface area contributed by atoms with Crippen LogP contribution in [0.4, 0.5) is 17.6 Å². The van der Waals surface area contributed by atoms with Crippen molar-refractivity contribution in [3.63, 3.8) is 0 Å². The summed E-state index contributed by atoms with van der Waals surface area (Å²) in [5, 5.41) is 9.93. The van der Waals surface area contributed by atoms with Crippen molar-refractivity contribution in [1.82, 2.24) is 0 Å². The van der Waals surface area contributed by atoms with Crippen LogP contribution in [-0.4, -0.2) is 37.8 Å². The number of ether oxygens (including phenoxy) is 2. The van der Waals surface area contributed by atoms with Crippen molar-refractivity contribution >= 4 is 0 Å². The summed E-state index contributed by atoms with van der Waals surface area (Å²) in [6, 6.07) is 3.34. The molecule has 0 spiro atoms. The minimum absolute atomic E-state index is 0.480. The van der Waals surface area contributed by atoms with Crippen molar-refractivity contribution in [1.29, 1.82) is 0 Å². The Morgan fingerprint density at radius 2 is 1.81 bits per heavy atom. The van der Waals surface area contributed by atoms with E-state index in [4.69, 9.17) is 4.74 Å². The maximum absolute atomic E-state index is 12.7. The first kappa shape index (κ1) is 17.7. The molecule has 1 unspecified atom stereocenters. The monoisotopic (exact) mass is 310 g/mol. The van der Waals surface area contributed by atoms with Gasteiger partial charge in [0.15, 0.2) is 0 Å². The van der Waals surface area contributed by atoms with Gasteiger partial charge in [0, 0.05) is 0 Å². The largest absolute Gasteiger partial charge is 0.496 e. The topological polar surface area (TPSA) is 38.7 Å². The molecule has 0 fully saturated rings. The normalized spacial score (nSPS) is 13.6. The van der Waals surface area contributed by atoms with Gasteiger partial charge in [-0.15, -0.1) is 0 Å². The van der Waals surface area contributed by atoms with Crippen LogP contribution in [0.15, 0.2) is 12.1 Å². The van der Waals surface area contributed by atoms with Crippen LogP contribution in [0.2, 0.25) is 0 Å². The number of methoxy groups -OCH3 is 1. The van der Waals surface area contributed by atoms with E-state index in [0.29, 0.717) is 16.9 Å². The molecule has 1 aromatic rings. The number of aliphatic hydroxyl groups is 1. The molecule has 0 aliphatic heterocycles. The zero-order valence-electron chi connectivity index (χ0n) is 12.0. The third kappa shape index (κ3) is 4.57. The second kappa shape index (κ2) is 7.09. The Bertz CT molecular complexity index is 478. The Labute approximate surface area is 120 Å². The van der Waals surface area contributed by atoms with Crippen LogP contribution in [-0.2, 0) is 4.74 Å². The Hall–Kier alpha value is -1.34. The molecule has 0 heterocycles. The highest BCUT2D eigenvalue weighted by atomic mass is 19.3. The second-order valence-electron chi connectivity index (χ2n) is 4.77. The minimum atomic E-state index is -4.22. The molecule has 1 N–H and O–H groups in total. The van der Waals surface area contributed by atoms with Crippen LogP contribution < -0.4 is 4.74 Å². The summed E-state index contributed by atoms with van der Waals surface area (Å²) in [5.74, 6) is -3.58. The summed E-state index contributed by atoms with van der Waals surface area (Å²) in [4.78, 5) is 0. The van der Waals surface area contributed by atoms with E-state index in [1.165, 1.54) is 7.11 Å². The van der Waals surface area contributed by atoms with E-state index >= 15 is 0 Å². The quantitative estimate of drug-likeness (QED) is 0.786. The molecule has 0 aromatic heterocycles. The average molecular weight is 310 g/mol. The molecule has 0 saturated carbocycles. The molecule has 1 aromatic carbocycles. The van der Waals surface area contributed by atoms with E-state index in [-0.39, 0.29) is 0 Å². The van der Waals surface area contributed by atoms with Crippen molar-refractivity contribution in [2.24, 2.45) is 0 Å². The highest BCUT2D eigenvalue weighted by molar-refractivity contribution is 5.42. The van der Waals surface area contributed by atoms with Gasteiger partial charge in [-0.3, -0.25) is 0 Å². The average Bonchev–Trinajstić information content (AvgIpc) is 2.40. The Morgan fingerprint density at radius 3 is 2.33 bits per heavy atom. The number of benzene rings is 1. The minimum Gasteiger partial charge on any atom is -0.496 e. The molecule has 0 aliphatic rings. The van der Waals surface area contributed by atoms with Crippen molar-refractivity contribution in [3.05, 3.63) is 28.8 Å². The third-order valence-corrected chi connectivity index (χ3v) is 3.03. The highest BCUT2D eigenvalue weighted by Gasteiger charge is 2.41. The summed E-state index contributed by atoms with van der Waals surface area (Å²) < 4.78 is 58.9. The fourth-order valence-electron chi connectivity index (χ4n) is 1.85. The van der Waals surface area contributed by atoms with Crippen molar-refractivity contribution < 1.29 is 32.1 Å². The fraction of sp³-hybridized carbons (Fsp3) is 0.571. The standard InChI is InChI=1S/C14H18F4O3/c1-8-5-12(20-3)9(2)4-10(8)11(19)6-21-7-14(17,18)13(15)16/h4-5,11,13,19H,6-7H2,1-3H3. The fourth-order valence-corrected chi connectivity index (χ4v) is 1.85. The summed E-state index contributed by atoms with van der Waals surface area (Å²) in [7, 11) is 1.51. The predicted molar refractivity (Wildman–Crippen MR) is 69.2 cm³/mol. The smallest absolute Gasteiger partial charge is 0.330 e. The first-order valence-corrected chi connectivity index (χ1v) is 6.26. The van der Waals surface area contributed by atoms with Gasteiger partial charge in [-0.2, -0.15) is 8.78 Å². The lowest BCUT2D eigenvalue weighted by Gasteiger charge is -2.19. The number of rotatable bonds is 7. The van der Waals surface area contributed by atoms with Gasteiger partial charge in [0.2, 0.25) is 0 Å². The van der Waals surface area contributed by atoms with Gasteiger partial charge >= 0.3 is 12.3 Å². The summed E-state index contributed by atoms with van der Waals surface area (Å²) in [5.41, 5.74) is 1.93. The first-order chi connectivity index (χ1) is 9.69. The molecular formula is C14H18F4O3. The number of hydrogen-bond donors (Lipinski definition) is 1. The lowest BCUT2D eigenvalue weighted by Crippen LogP contribution is -2.33. The number of hydrogen-bond acceptors (Lipinski definition) is 3. The molecule has 120 valence electrons. The molecule has 0 saturated heterocycles. The van der Waals surface area contributed by atoms with Crippen molar-refractivity contribution in [2.45, 2.75) is 32.3 Å². The van der Waals surface area contributed by atoms with Crippen LogP contribution >= 0.6 is 0 Å². The molecule has 1 atom stereocenters. The zero-order valence-corrected chi connectivity index (χ0v) is 12.0. The van der Waals surface area contributed by atoms with Crippen molar-refractivity contribution in [3.8, 4) is 5.75 Å².